The number of para-hydroxylation sites is 1. The van der Waals surface area contributed by atoms with Crippen molar-refractivity contribution in [3.05, 3.63) is 42.5 Å². The van der Waals surface area contributed by atoms with E-state index in [0.717, 1.165) is 17.7 Å². The van der Waals surface area contributed by atoms with Gasteiger partial charge in [0.25, 0.3) is 0 Å². The minimum atomic E-state index is -3.38. The molecule has 0 atom stereocenters. The number of rotatable bonds is 3. The van der Waals surface area contributed by atoms with E-state index in [-0.39, 0.29) is 19.0 Å². The summed E-state index contributed by atoms with van der Waals surface area (Å²) in [6.45, 7) is 4.41. The summed E-state index contributed by atoms with van der Waals surface area (Å²) in [5.41, 5.74) is 1.84. The van der Waals surface area contributed by atoms with Crippen LogP contribution in [0, 0.1) is 0 Å². The van der Waals surface area contributed by atoms with Crippen LogP contribution in [0.1, 0.15) is 5.56 Å². The zero-order valence-corrected chi connectivity index (χ0v) is 11.8. The quantitative estimate of drug-likeness (QED) is 0.773. The lowest BCUT2D eigenvalue weighted by molar-refractivity contribution is -0.128. The number of fused-ring (bicyclic) bond motifs is 1. The largest absolute Gasteiger partial charge is 0.336 e. The van der Waals surface area contributed by atoms with Crippen molar-refractivity contribution in [3.8, 4) is 0 Å². The van der Waals surface area contributed by atoms with E-state index in [1.807, 2.05) is 24.3 Å². The maximum atomic E-state index is 12.6. The highest BCUT2D eigenvalue weighted by Crippen LogP contribution is 2.33. The maximum absolute atomic E-state index is 12.6. The molecule has 6 heteroatoms. The van der Waals surface area contributed by atoms with Crippen LogP contribution >= 0.6 is 0 Å². The van der Waals surface area contributed by atoms with Gasteiger partial charge in [-0.2, -0.15) is 0 Å². The fourth-order valence-corrected chi connectivity index (χ4v) is 4.58. The third kappa shape index (κ3) is 1.91. The van der Waals surface area contributed by atoms with Crippen molar-refractivity contribution in [2.75, 3.05) is 23.9 Å². The first-order valence-electron chi connectivity index (χ1n) is 6.55. The Morgan fingerprint density at radius 2 is 2.00 bits per heavy atom. The van der Waals surface area contributed by atoms with Crippen molar-refractivity contribution in [1.29, 1.82) is 0 Å². The predicted molar refractivity (Wildman–Crippen MR) is 77.0 cm³/mol. The molecule has 0 saturated carbocycles. The van der Waals surface area contributed by atoms with Gasteiger partial charge in [0.2, 0.25) is 15.9 Å². The average Bonchev–Trinajstić information content (AvgIpc) is 2.80. The number of hydrogen-bond donors (Lipinski definition) is 0. The summed E-state index contributed by atoms with van der Waals surface area (Å²) in [5.74, 6) is -0.210. The highest BCUT2D eigenvalue weighted by atomic mass is 32.2. The second-order valence-corrected chi connectivity index (χ2v) is 7.20. The van der Waals surface area contributed by atoms with Crippen molar-refractivity contribution < 1.29 is 13.2 Å². The normalized spacial score (nSPS) is 18.6. The van der Waals surface area contributed by atoms with Gasteiger partial charge in [-0.25, -0.2) is 8.42 Å². The number of anilines is 1. The van der Waals surface area contributed by atoms with Gasteiger partial charge in [0, 0.05) is 19.6 Å². The molecule has 0 aromatic heterocycles. The van der Waals surface area contributed by atoms with Crippen LogP contribution in [-0.4, -0.2) is 44.1 Å². The number of benzene rings is 1. The summed E-state index contributed by atoms with van der Waals surface area (Å²) in [4.78, 5) is 12.9. The zero-order valence-electron chi connectivity index (χ0n) is 11.0. The van der Waals surface area contributed by atoms with E-state index in [2.05, 4.69) is 6.58 Å². The van der Waals surface area contributed by atoms with Crippen molar-refractivity contribution in [2.24, 2.45) is 0 Å². The van der Waals surface area contributed by atoms with Crippen LogP contribution in [0.5, 0.6) is 0 Å². The fraction of sp³-hybridized carbons (Fsp3) is 0.357. The third-order valence-electron chi connectivity index (χ3n) is 3.91. The van der Waals surface area contributed by atoms with Crippen LogP contribution in [0.4, 0.5) is 5.69 Å². The molecule has 1 fully saturated rings. The van der Waals surface area contributed by atoms with E-state index in [4.69, 9.17) is 0 Å². The van der Waals surface area contributed by atoms with E-state index in [1.165, 1.54) is 15.3 Å². The lowest BCUT2D eigenvalue weighted by Crippen LogP contribution is -2.59. The average molecular weight is 292 g/mol. The number of amides is 1. The lowest BCUT2D eigenvalue weighted by Gasteiger charge is -2.40. The molecule has 1 amide bonds. The maximum Gasteiger partial charge on any atom is 0.246 e. The molecule has 1 saturated heterocycles. The van der Waals surface area contributed by atoms with Crippen LogP contribution in [0.15, 0.2) is 36.9 Å². The Bertz CT molecular complexity index is 663. The zero-order chi connectivity index (χ0) is 14.3. The Morgan fingerprint density at radius 1 is 1.30 bits per heavy atom. The second-order valence-electron chi connectivity index (χ2n) is 5.07. The number of nitrogens with zero attached hydrogens (tertiary/aromatic N) is 2. The SMILES string of the molecule is C=CC(=O)N1CC(S(=O)(=O)N2CCc3ccccc32)C1. The number of sulfonamides is 1. The van der Waals surface area contributed by atoms with Crippen molar-refractivity contribution in [1.82, 2.24) is 4.90 Å². The Kier molecular flexibility index (Phi) is 3.05. The highest BCUT2D eigenvalue weighted by molar-refractivity contribution is 7.93. The summed E-state index contributed by atoms with van der Waals surface area (Å²) in [6.07, 6.45) is 1.96. The highest BCUT2D eigenvalue weighted by Gasteiger charge is 2.43. The van der Waals surface area contributed by atoms with E-state index in [0.29, 0.717) is 6.54 Å². The van der Waals surface area contributed by atoms with E-state index in [1.54, 1.807) is 0 Å². The molecule has 5 nitrogen and oxygen atoms in total. The molecule has 1 aromatic rings. The Labute approximate surface area is 118 Å². The van der Waals surface area contributed by atoms with E-state index >= 15 is 0 Å². The molecular weight excluding hydrogens is 276 g/mol. The molecule has 0 aliphatic carbocycles. The van der Waals surface area contributed by atoms with Gasteiger partial charge in [0.15, 0.2) is 0 Å². The molecular formula is C14H16N2O3S. The summed E-state index contributed by atoms with van der Waals surface area (Å²) < 4.78 is 26.7. The number of carbonyl (C=O) groups excluding carboxylic acids is 1. The van der Waals surface area contributed by atoms with Crippen LogP contribution in [0.25, 0.3) is 0 Å². The third-order valence-corrected chi connectivity index (χ3v) is 6.04. The smallest absolute Gasteiger partial charge is 0.246 e. The van der Waals surface area contributed by atoms with Gasteiger partial charge in [-0.15, -0.1) is 0 Å². The monoisotopic (exact) mass is 292 g/mol. The van der Waals surface area contributed by atoms with Gasteiger partial charge >= 0.3 is 0 Å². The number of hydrogen-bond acceptors (Lipinski definition) is 3. The Hall–Kier alpha value is -1.82. The van der Waals surface area contributed by atoms with Crippen LogP contribution in [-0.2, 0) is 21.2 Å². The fourth-order valence-electron chi connectivity index (χ4n) is 2.69. The molecule has 3 rings (SSSR count). The molecule has 0 bridgehead atoms. The summed E-state index contributed by atoms with van der Waals surface area (Å²) in [5, 5.41) is -0.502. The summed E-state index contributed by atoms with van der Waals surface area (Å²) >= 11 is 0. The standard InChI is InChI=1S/C14H16N2O3S/c1-2-14(17)15-9-12(10-15)20(18,19)16-8-7-11-5-3-4-6-13(11)16/h2-6,12H,1,7-10H2. The minimum Gasteiger partial charge on any atom is -0.336 e. The van der Waals surface area contributed by atoms with Crippen LogP contribution < -0.4 is 4.31 Å². The molecule has 2 heterocycles. The molecule has 0 spiro atoms. The van der Waals surface area contributed by atoms with Gasteiger partial charge in [0.1, 0.15) is 5.25 Å². The lowest BCUT2D eigenvalue weighted by atomic mass is 10.2. The van der Waals surface area contributed by atoms with Gasteiger partial charge < -0.3 is 4.90 Å². The van der Waals surface area contributed by atoms with E-state index in [9.17, 15) is 13.2 Å². The molecule has 20 heavy (non-hydrogen) atoms. The first-order chi connectivity index (χ1) is 9.54. The Morgan fingerprint density at radius 3 is 2.70 bits per heavy atom. The van der Waals surface area contributed by atoms with Gasteiger partial charge in [-0.3, -0.25) is 9.10 Å². The topological polar surface area (TPSA) is 57.7 Å². The Balaban J connectivity index is 1.79. The molecule has 0 radical (unpaired) electrons. The van der Waals surface area contributed by atoms with Gasteiger partial charge in [-0.1, -0.05) is 24.8 Å². The molecule has 1 aromatic carbocycles. The number of likely N-dealkylation sites (tertiary alicyclic amines) is 1. The molecule has 2 aliphatic rings. The summed E-state index contributed by atoms with van der Waals surface area (Å²) in [7, 11) is -3.38. The van der Waals surface area contributed by atoms with Crippen molar-refractivity contribution in [3.63, 3.8) is 0 Å². The summed E-state index contributed by atoms with van der Waals surface area (Å²) in [6, 6.07) is 7.56. The van der Waals surface area contributed by atoms with Gasteiger partial charge in [0.05, 0.1) is 5.69 Å². The molecule has 0 unspecified atom stereocenters. The van der Waals surface area contributed by atoms with Crippen LogP contribution in [0.2, 0.25) is 0 Å². The van der Waals surface area contributed by atoms with E-state index < -0.39 is 15.3 Å². The van der Waals surface area contributed by atoms with Crippen molar-refractivity contribution in [2.45, 2.75) is 11.7 Å². The number of carbonyl (C=O) groups is 1. The second kappa shape index (κ2) is 4.63. The first-order valence-corrected chi connectivity index (χ1v) is 8.05. The minimum absolute atomic E-state index is 0.210. The van der Waals surface area contributed by atoms with Crippen LogP contribution in [0.3, 0.4) is 0 Å². The molecule has 0 N–H and O–H groups in total. The van der Waals surface area contributed by atoms with Gasteiger partial charge in [-0.05, 0) is 24.1 Å². The molecule has 106 valence electrons. The molecule has 2 aliphatic heterocycles. The van der Waals surface area contributed by atoms with Crippen molar-refractivity contribution >= 4 is 21.6 Å². The predicted octanol–water partition coefficient (Wildman–Crippen LogP) is 0.776. The first kappa shape index (κ1) is 13.2.